The minimum Gasteiger partial charge on any atom is -0.497 e. The summed E-state index contributed by atoms with van der Waals surface area (Å²) in [5.41, 5.74) is 2.17. The Balaban J connectivity index is 1.71. The van der Waals surface area contributed by atoms with E-state index in [1.54, 1.807) is 28.4 Å². The molecule has 5 nitrogen and oxygen atoms in total. The molecule has 0 unspecified atom stereocenters. The average Bonchev–Trinajstić information content (AvgIpc) is 2.75. The van der Waals surface area contributed by atoms with Crippen LogP contribution in [0.3, 0.4) is 0 Å². The van der Waals surface area contributed by atoms with E-state index in [0.717, 1.165) is 10.6 Å². The molecule has 0 fully saturated rings. The topological polar surface area (TPSA) is 42.0 Å². The number of anilines is 2. The first kappa shape index (κ1) is 19.1. The molecule has 0 saturated heterocycles. The molecule has 1 heterocycles. The number of para-hydroxylation sites is 1. The van der Waals surface area contributed by atoms with Crippen molar-refractivity contribution in [1.29, 1.82) is 0 Å². The van der Waals surface area contributed by atoms with Gasteiger partial charge in [0.2, 0.25) is 0 Å². The van der Waals surface area contributed by atoms with Gasteiger partial charge in [0.25, 0.3) is 0 Å². The third-order valence-electron chi connectivity index (χ3n) is 4.60. The summed E-state index contributed by atoms with van der Waals surface area (Å²) in [4.78, 5) is 16.0. The molecule has 4 rings (SSSR count). The lowest BCUT2D eigenvalue weighted by atomic mass is 10.1. The van der Waals surface area contributed by atoms with Crippen molar-refractivity contribution < 1.29 is 18.7 Å². The van der Waals surface area contributed by atoms with E-state index in [9.17, 15) is 9.18 Å². The summed E-state index contributed by atoms with van der Waals surface area (Å²) in [7, 11) is 3.01. The second-order valence-electron chi connectivity index (χ2n) is 6.39. The molecule has 2 amide bonds. The van der Waals surface area contributed by atoms with Crippen molar-refractivity contribution in [2.24, 2.45) is 0 Å². The van der Waals surface area contributed by atoms with Crippen LogP contribution in [0.5, 0.6) is 11.5 Å². The van der Waals surface area contributed by atoms with Gasteiger partial charge in [0.1, 0.15) is 5.75 Å². The molecule has 0 atom stereocenters. The molecule has 1 aliphatic heterocycles. The number of carbonyl (C=O) groups is 1. The molecular weight excluding hydrogens is 391 g/mol. The van der Waals surface area contributed by atoms with E-state index < -0.39 is 5.82 Å². The third kappa shape index (κ3) is 3.73. The van der Waals surface area contributed by atoms with E-state index >= 15 is 0 Å². The largest absolute Gasteiger partial charge is 0.497 e. The fraction of sp³-hybridized carbons (Fsp3) is 0.136. The number of hydrogen-bond acceptors (Lipinski definition) is 4. The van der Waals surface area contributed by atoms with Crippen molar-refractivity contribution in [2.45, 2.75) is 11.4 Å². The second kappa shape index (κ2) is 8.05. The molecule has 0 N–H and O–H groups in total. The smallest absolute Gasteiger partial charge is 0.339 e. The molecule has 0 aliphatic carbocycles. The van der Waals surface area contributed by atoms with E-state index in [1.165, 1.54) is 25.1 Å². The number of amides is 2. The van der Waals surface area contributed by atoms with Gasteiger partial charge in [0, 0.05) is 6.07 Å². The van der Waals surface area contributed by atoms with E-state index in [4.69, 9.17) is 9.47 Å². The summed E-state index contributed by atoms with van der Waals surface area (Å²) < 4.78 is 26.1. The van der Waals surface area contributed by atoms with Crippen LogP contribution in [-0.4, -0.2) is 20.3 Å². The molecule has 3 aromatic carbocycles. The lowest BCUT2D eigenvalue weighted by Crippen LogP contribution is -2.42. The fourth-order valence-electron chi connectivity index (χ4n) is 3.15. The van der Waals surface area contributed by atoms with Crippen LogP contribution < -0.4 is 18.7 Å². The molecule has 0 spiro atoms. The van der Waals surface area contributed by atoms with Crippen molar-refractivity contribution >= 4 is 29.4 Å². The monoisotopic (exact) mass is 410 g/mol. The van der Waals surface area contributed by atoms with Crippen LogP contribution in [0.25, 0.3) is 0 Å². The highest BCUT2D eigenvalue weighted by atomic mass is 32.2. The van der Waals surface area contributed by atoms with Crippen molar-refractivity contribution in [3.05, 3.63) is 78.1 Å². The predicted molar refractivity (Wildman–Crippen MR) is 112 cm³/mol. The Bertz CT molecular complexity index is 1060. The second-order valence-corrected chi connectivity index (χ2v) is 7.38. The highest BCUT2D eigenvalue weighted by molar-refractivity contribution is 8.01. The Morgan fingerprint density at radius 3 is 2.55 bits per heavy atom. The third-order valence-corrected chi connectivity index (χ3v) is 5.69. The van der Waals surface area contributed by atoms with Gasteiger partial charge < -0.3 is 9.47 Å². The van der Waals surface area contributed by atoms with E-state index in [1.807, 2.05) is 48.5 Å². The molecule has 0 bridgehead atoms. The molecule has 0 aromatic heterocycles. The Morgan fingerprint density at radius 2 is 1.79 bits per heavy atom. The number of hydrogen-bond donors (Lipinski definition) is 0. The van der Waals surface area contributed by atoms with Gasteiger partial charge in [-0.15, -0.1) is 0 Å². The molecule has 7 heteroatoms. The van der Waals surface area contributed by atoms with Crippen LogP contribution in [0, 0.1) is 5.82 Å². The molecular formula is C22H19FN2O3S. The quantitative estimate of drug-likeness (QED) is 0.521. The highest BCUT2D eigenvalue weighted by Crippen LogP contribution is 2.42. The summed E-state index contributed by atoms with van der Waals surface area (Å²) in [5.74, 6) is 0.382. The molecule has 0 radical (unpaired) electrons. The normalized spacial score (nSPS) is 13.3. The summed E-state index contributed by atoms with van der Waals surface area (Å²) in [6.07, 6.45) is 0. The number of benzene rings is 3. The van der Waals surface area contributed by atoms with Gasteiger partial charge in [-0.1, -0.05) is 24.3 Å². The van der Waals surface area contributed by atoms with Crippen LogP contribution in [-0.2, 0) is 6.54 Å². The van der Waals surface area contributed by atoms with Crippen molar-refractivity contribution in [2.75, 3.05) is 23.4 Å². The maximum atomic E-state index is 14.2. The minimum atomic E-state index is -0.457. The number of ether oxygens (including phenoxy) is 2. The van der Waals surface area contributed by atoms with Gasteiger partial charge >= 0.3 is 6.03 Å². The summed E-state index contributed by atoms with van der Waals surface area (Å²) in [6.45, 7) is 0.234. The maximum Gasteiger partial charge on any atom is 0.339 e. The van der Waals surface area contributed by atoms with E-state index in [-0.39, 0.29) is 18.3 Å². The van der Waals surface area contributed by atoms with Crippen LogP contribution in [0.2, 0.25) is 0 Å². The standard InChI is InChI=1S/C22H19FN2O3S/c1-27-17-7-5-6-16(13-17)25-22(26)24(19-8-3-4-9-21(19)29-25)14-15-10-11-20(28-2)18(23)12-15/h3-13H,14H2,1-2H3. The zero-order valence-corrected chi connectivity index (χ0v) is 16.8. The SMILES string of the molecule is COc1cccc(N2Sc3ccccc3N(Cc3ccc(OC)c(F)c3)C2=O)c1. The molecule has 0 saturated carbocycles. The van der Waals surface area contributed by atoms with Gasteiger partial charge in [-0.05, 0) is 53.9 Å². The van der Waals surface area contributed by atoms with Crippen LogP contribution >= 0.6 is 11.9 Å². The summed E-state index contributed by atoms with van der Waals surface area (Å²) >= 11 is 1.35. The number of nitrogens with zero attached hydrogens (tertiary/aromatic N) is 2. The van der Waals surface area contributed by atoms with Crippen molar-refractivity contribution in [3.8, 4) is 11.5 Å². The van der Waals surface area contributed by atoms with Gasteiger partial charge in [-0.3, -0.25) is 4.90 Å². The average molecular weight is 410 g/mol. The van der Waals surface area contributed by atoms with Crippen LogP contribution in [0.15, 0.2) is 71.6 Å². The van der Waals surface area contributed by atoms with Crippen LogP contribution in [0.4, 0.5) is 20.6 Å². The van der Waals surface area contributed by atoms with Gasteiger partial charge in [0.05, 0.1) is 37.0 Å². The number of carbonyl (C=O) groups excluding carboxylic acids is 1. The minimum absolute atomic E-state index is 0.174. The molecule has 3 aromatic rings. The zero-order valence-electron chi connectivity index (χ0n) is 16.0. The van der Waals surface area contributed by atoms with Gasteiger partial charge in [-0.2, -0.15) is 0 Å². The first-order valence-corrected chi connectivity index (χ1v) is 9.73. The number of rotatable bonds is 5. The van der Waals surface area contributed by atoms with E-state index in [2.05, 4.69) is 0 Å². The zero-order chi connectivity index (χ0) is 20.4. The number of fused-ring (bicyclic) bond motifs is 1. The first-order chi connectivity index (χ1) is 14.1. The summed E-state index contributed by atoms with van der Waals surface area (Å²) in [6, 6.07) is 19.5. The first-order valence-electron chi connectivity index (χ1n) is 8.96. The lowest BCUT2D eigenvalue weighted by Gasteiger charge is -2.36. The maximum absolute atomic E-state index is 14.2. The Kier molecular flexibility index (Phi) is 5.31. The Labute approximate surface area is 172 Å². The lowest BCUT2D eigenvalue weighted by molar-refractivity contribution is 0.254. The number of methoxy groups -OCH3 is 2. The fourth-order valence-corrected chi connectivity index (χ4v) is 4.15. The Hall–Kier alpha value is -3.19. The van der Waals surface area contributed by atoms with Gasteiger partial charge in [-0.25, -0.2) is 13.5 Å². The van der Waals surface area contributed by atoms with E-state index in [0.29, 0.717) is 17.0 Å². The predicted octanol–water partition coefficient (Wildman–Crippen LogP) is 5.50. The van der Waals surface area contributed by atoms with Crippen molar-refractivity contribution in [1.82, 2.24) is 0 Å². The Morgan fingerprint density at radius 1 is 0.966 bits per heavy atom. The van der Waals surface area contributed by atoms with Crippen LogP contribution in [0.1, 0.15) is 5.56 Å². The highest BCUT2D eigenvalue weighted by Gasteiger charge is 2.32. The molecule has 1 aliphatic rings. The number of urea groups is 1. The van der Waals surface area contributed by atoms with Gasteiger partial charge in [0.15, 0.2) is 11.6 Å². The van der Waals surface area contributed by atoms with Crippen molar-refractivity contribution in [3.63, 3.8) is 0 Å². The summed E-state index contributed by atoms with van der Waals surface area (Å²) in [5, 5.41) is 0. The molecule has 29 heavy (non-hydrogen) atoms. The number of halogens is 1. The molecule has 148 valence electrons.